The summed E-state index contributed by atoms with van der Waals surface area (Å²) in [5.74, 6) is -0.867. The normalized spacial score (nSPS) is 19.7. The van der Waals surface area contributed by atoms with Crippen molar-refractivity contribution in [1.29, 1.82) is 0 Å². The number of rotatable bonds is 5. The number of nitrogens with zero attached hydrogens (tertiary/aromatic N) is 2. The van der Waals surface area contributed by atoms with Gasteiger partial charge in [-0.25, -0.2) is 4.79 Å². The van der Waals surface area contributed by atoms with Crippen molar-refractivity contribution >= 4 is 12.0 Å². The number of carbonyl (C=O) groups is 2. The average Bonchev–Trinajstić information content (AvgIpc) is 2.43. The predicted octanol–water partition coefficient (Wildman–Crippen LogP) is 1.63. The lowest BCUT2D eigenvalue weighted by atomic mass is 9.74. The van der Waals surface area contributed by atoms with Crippen molar-refractivity contribution in [3.63, 3.8) is 0 Å². The molecule has 1 aliphatic rings. The summed E-state index contributed by atoms with van der Waals surface area (Å²) in [6, 6.07) is -0.0950. The van der Waals surface area contributed by atoms with Crippen LogP contribution >= 0.6 is 0 Å². The smallest absolute Gasteiger partial charge is 0.320 e. The van der Waals surface area contributed by atoms with Gasteiger partial charge in [-0.1, -0.05) is 0 Å². The number of aliphatic carboxylic acids is 1. The number of hydrogen-bond donors (Lipinski definition) is 2. The molecule has 1 saturated heterocycles. The molecule has 6 heteroatoms. The van der Waals surface area contributed by atoms with Gasteiger partial charge in [0.15, 0.2) is 0 Å². The Kier molecular flexibility index (Phi) is 6.01. The molecule has 1 fully saturated rings. The Morgan fingerprint density at radius 3 is 2.48 bits per heavy atom. The Bertz CT molecular complexity index is 382. The van der Waals surface area contributed by atoms with Crippen molar-refractivity contribution in [2.45, 2.75) is 46.6 Å². The fraction of sp³-hybridized carbons (Fsp3) is 0.867. The molecule has 0 spiro atoms. The Hall–Kier alpha value is -1.30. The van der Waals surface area contributed by atoms with Crippen molar-refractivity contribution < 1.29 is 19.8 Å². The fourth-order valence-electron chi connectivity index (χ4n) is 2.78. The van der Waals surface area contributed by atoms with Crippen LogP contribution in [0.4, 0.5) is 4.79 Å². The minimum atomic E-state index is -0.835. The molecule has 1 rings (SSSR count). The molecule has 2 N–H and O–H groups in total. The molecular formula is C15H28N2O4. The molecule has 0 bridgehead atoms. The quantitative estimate of drug-likeness (QED) is 0.808. The van der Waals surface area contributed by atoms with E-state index >= 15 is 0 Å². The second-order valence-electron chi connectivity index (χ2n) is 6.61. The van der Waals surface area contributed by atoms with Crippen molar-refractivity contribution in [2.24, 2.45) is 11.3 Å². The molecular weight excluding hydrogens is 272 g/mol. The number of aliphatic hydroxyl groups is 1. The summed E-state index contributed by atoms with van der Waals surface area (Å²) in [5, 5.41) is 18.4. The van der Waals surface area contributed by atoms with Gasteiger partial charge in [-0.15, -0.1) is 0 Å². The second kappa shape index (κ2) is 7.11. The molecule has 1 aliphatic heterocycles. The van der Waals surface area contributed by atoms with Gasteiger partial charge in [0.05, 0.1) is 12.0 Å². The predicted molar refractivity (Wildman–Crippen MR) is 80.0 cm³/mol. The standard InChI is InChI=1S/C15H28N2O4/c1-11(2)17(8-9-18)14(21)16-7-5-6-12(10-16)15(3,4)13(19)20/h11-12,18H,5-10H2,1-4H3,(H,19,20). The first-order valence-corrected chi connectivity index (χ1v) is 7.61. The maximum absolute atomic E-state index is 12.6. The molecule has 0 aromatic carbocycles. The first kappa shape index (κ1) is 17.8. The highest BCUT2D eigenvalue weighted by Crippen LogP contribution is 2.34. The molecule has 2 amide bonds. The SMILES string of the molecule is CC(C)N(CCO)C(=O)N1CCCC(C(C)(C)C(=O)O)C1. The second-order valence-corrected chi connectivity index (χ2v) is 6.61. The minimum absolute atomic E-state index is 0.0116. The van der Waals surface area contributed by atoms with Crippen LogP contribution in [0, 0.1) is 11.3 Å². The van der Waals surface area contributed by atoms with E-state index in [4.69, 9.17) is 5.11 Å². The maximum atomic E-state index is 12.6. The Morgan fingerprint density at radius 1 is 1.38 bits per heavy atom. The third-order valence-corrected chi connectivity index (χ3v) is 4.47. The highest BCUT2D eigenvalue weighted by Gasteiger charge is 2.40. The van der Waals surface area contributed by atoms with Gasteiger partial charge in [-0.2, -0.15) is 0 Å². The van der Waals surface area contributed by atoms with Crippen molar-refractivity contribution in [1.82, 2.24) is 9.80 Å². The third kappa shape index (κ3) is 4.09. The molecule has 1 unspecified atom stereocenters. The van der Waals surface area contributed by atoms with Crippen LogP contribution in [0.2, 0.25) is 0 Å². The van der Waals surface area contributed by atoms with Gasteiger partial charge in [-0.3, -0.25) is 4.79 Å². The van der Waals surface area contributed by atoms with Gasteiger partial charge < -0.3 is 20.0 Å². The summed E-state index contributed by atoms with van der Waals surface area (Å²) >= 11 is 0. The van der Waals surface area contributed by atoms with Crippen LogP contribution in [0.15, 0.2) is 0 Å². The number of carboxylic acids is 1. The molecule has 0 saturated carbocycles. The molecule has 1 heterocycles. The van der Waals surface area contributed by atoms with E-state index in [0.717, 1.165) is 12.8 Å². The van der Waals surface area contributed by atoms with E-state index in [1.807, 2.05) is 13.8 Å². The van der Waals surface area contributed by atoms with Crippen LogP contribution in [-0.4, -0.2) is 64.3 Å². The van der Waals surface area contributed by atoms with Crippen molar-refractivity contribution in [3.05, 3.63) is 0 Å². The van der Waals surface area contributed by atoms with Crippen LogP contribution < -0.4 is 0 Å². The Balaban J connectivity index is 2.80. The molecule has 21 heavy (non-hydrogen) atoms. The molecule has 1 atom stereocenters. The summed E-state index contributed by atoms with van der Waals surface area (Å²) in [5.41, 5.74) is -0.835. The Morgan fingerprint density at radius 2 is 2.00 bits per heavy atom. The third-order valence-electron chi connectivity index (χ3n) is 4.47. The first-order valence-electron chi connectivity index (χ1n) is 7.61. The van der Waals surface area contributed by atoms with E-state index in [1.165, 1.54) is 0 Å². The summed E-state index contributed by atoms with van der Waals surface area (Å²) in [4.78, 5) is 27.3. The summed E-state index contributed by atoms with van der Waals surface area (Å²) in [6.07, 6.45) is 1.64. The highest BCUT2D eigenvalue weighted by atomic mass is 16.4. The maximum Gasteiger partial charge on any atom is 0.320 e. The van der Waals surface area contributed by atoms with E-state index in [0.29, 0.717) is 19.6 Å². The van der Waals surface area contributed by atoms with E-state index in [1.54, 1.807) is 23.6 Å². The van der Waals surface area contributed by atoms with Gasteiger partial charge in [0.1, 0.15) is 0 Å². The number of amides is 2. The van der Waals surface area contributed by atoms with E-state index in [9.17, 15) is 14.7 Å². The number of urea groups is 1. The number of carbonyl (C=O) groups excluding carboxylic acids is 1. The van der Waals surface area contributed by atoms with Crippen molar-refractivity contribution in [2.75, 3.05) is 26.2 Å². The molecule has 122 valence electrons. The lowest BCUT2D eigenvalue weighted by Crippen LogP contribution is -2.53. The number of aliphatic hydroxyl groups excluding tert-OH is 1. The fourth-order valence-corrected chi connectivity index (χ4v) is 2.78. The number of likely N-dealkylation sites (tertiary alicyclic amines) is 1. The van der Waals surface area contributed by atoms with E-state index < -0.39 is 11.4 Å². The van der Waals surface area contributed by atoms with Crippen LogP contribution in [0.5, 0.6) is 0 Å². The lowest BCUT2D eigenvalue weighted by molar-refractivity contribution is -0.151. The zero-order chi connectivity index (χ0) is 16.2. The van der Waals surface area contributed by atoms with Gasteiger partial charge in [0, 0.05) is 25.7 Å². The molecule has 6 nitrogen and oxygen atoms in total. The lowest BCUT2D eigenvalue weighted by Gasteiger charge is -2.41. The largest absolute Gasteiger partial charge is 0.481 e. The zero-order valence-electron chi connectivity index (χ0n) is 13.5. The number of carboxylic acid groups (broad SMARTS) is 1. The van der Waals surface area contributed by atoms with Crippen LogP contribution in [0.1, 0.15) is 40.5 Å². The monoisotopic (exact) mass is 300 g/mol. The van der Waals surface area contributed by atoms with Gasteiger partial charge in [0.25, 0.3) is 0 Å². The van der Waals surface area contributed by atoms with Gasteiger partial charge in [0.2, 0.25) is 0 Å². The van der Waals surface area contributed by atoms with Crippen LogP contribution in [0.3, 0.4) is 0 Å². The molecule has 0 radical (unpaired) electrons. The molecule has 0 aliphatic carbocycles. The molecule has 0 aromatic rings. The van der Waals surface area contributed by atoms with Crippen LogP contribution in [-0.2, 0) is 4.79 Å². The highest BCUT2D eigenvalue weighted by molar-refractivity contribution is 5.76. The van der Waals surface area contributed by atoms with E-state index in [-0.39, 0.29) is 24.6 Å². The van der Waals surface area contributed by atoms with Gasteiger partial charge in [-0.05, 0) is 46.5 Å². The average molecular weight is 300 g/mol. The summed E-state index contributed by atoms with van der Waals surface area (Å²) in [6.45, 7) is 8.63. The van der Waals surface area contributed by atoms with Crippen molar-refractivity contribution in [3.8, 4) is 0 Å². The summed E-state index contributed by atoms with van der Waals surface area (Å²) in [7, 11) is 0. The molecule has 0 aromatic heterocycles. The Labute approximate surface area is 126 Å². The van der Waals surface area contributed by atoms with Gasteiger partial charge >= 0.3 is 12.0 Å². The first-order chi connectivity index (χ1) is 9.71. The zero-order valence-corrected chi connectivity index (χ0v) is 13.5. The summed E-state index contributed by atoms with van der Waals surface area (Å²) < 4.78 is 0. The number of piperidine rings is 1. The van der Waals surface area contributed by atoms with Crippen LogP contribution in [0.25, 0.3) is 0 Å². The minimum Gasteiger partial charge on any atom is -0.481 e. The van der Waals surface area contributed by atoms with E-state index in [2.05, 4.69) is 0 Å². The number of hydrogen-bond acceptors (Lipinski definition) is 3. The topological polar surface area (TPSA) is 81.1 Å².